The third-order valence-electron chi connectivity index (χ3n) is 3.65. The fourth-order valence-electron chi connectivity index (χ4n) is 2.24. The summed E-state index contributed by atoms with van der Waals surface area (Å²) in [6.07, 6.45) is -0.855. The van der Waals surface area contributed by atoms with Crippen LogP contribution in [0.4, 0.5) is 11.4 Å². The number of aliphatic hydroxyl groups is 1. The summed E-state index contributed by atoms with van der Waals surface area (Å²) < 4.78 is 0. The molecule has 0 aromatic heterocycles. The summed E-state index contributed by atoms with van der Waals surface area (Å²) in [6.45, 7) is 1.95. The lowest BCUT2D eigenvalue weighted by Gasteiger charge is -2.14. The van der Waals surface area contributed by atoms with E-state index in [1.807, 2.05) is 19.1 Å². The van der Waals surface area contributed by atoms with Gasteiger partial charge in [-0.05, 0) is 18.6 Å². The molecule has 0 unspecified atom stereocenters. The molecule has 0 aliphatic heterocycles. The molecular weight excluding hydrogens is 310 g/mol. The molecule has 1 amide bonds. The first-order valence-corrected chi connectivity index (χ1v) is 7.41. The topological polar surface area (TPSA) is 105 Å². The molecule has 0 saturated heterocycles. The van der Waals surface area contributed by atoms with Crippen molar-refractivity contribution in [3.05, 3.63) is 69.3 Å². The summed E-state index contributed by atoms with van der Waals surface area (Å²) in [5, 5.41) is 26.4. The van der Waals surface area contributed by atoms with Gasteiger partial charge < -0.3 is 15.7 Å². The lowest BCUT2D eigenvalue weighted by atomic mass is 10.1. The molecule has 0 radical (unpaired) electrons. The monoisotopic (exact) mass is 329 g/mol. The smallest absolute Gasteiger partial charge is 0.270 e. The molecular formula is C17H19N3O4. The Morgan fingerprint density at radius 2 is 1.92 bits per heavy atom. The van der Waals surface area contributed by atoms with Gasteiger partial charge in [0.1, 0.15) is 0 Å². The lowest BCUT2D eigenvalue weighted by Crippen LogP contribution is -2.29. The van der Waals surface area contributed by atoms with Crippen LogP contribution in [0.15, 0.2) is 42.5 Å². The number of nitrogens with one attached hydrogen (secondary N) is 2. The van der Waals surface area contributed by atoms with Gasteiger partial charge in [-0.15, -0.1) is 0 Å². The quantitative estimate of drug-likeness (QED) is 0.557. The highest BCUT2D eigenvalue weighted by atomic mass is 16.6. The number of carbonyl (C=O) groups excluding carboxylic acids is 1. The maximum absolute atomic E-state index is 12.3. The summed E-state index contributed by atoms with van der Waals surface area (Å²) in [5.41, 5.74) is 2.22. The van der Waals surface area contributed by atoms with Gasteiger partial charge in [-0.3, -0.25) is 14.9 Å². The molecule has 1 atom stereocenters. The van der Waals surface area contributed by atoms with E-state index < -0.39 is 16.9 Å². The first-order valence-electron chi connectivity index (χ1n) is 7.41. The third kappa shape index (κ3) is 4.08. The van der Waals surface area contributed by atoms with E-state index in [-0.39, 0.29) is 17.8 Å². The number of hydrogen-bond donors (Lipinski definition) is 3. The normalized spacial score (nSPS) is 11.6. The van der Waals surface area contributed by atoms with Crippen molar-refractivity contribution in [2.75, 3.05) is 18.9 Å². The maximum atomic E-state index is 12.3. The Kier molecular flexibility index (Phi) is 5.49. The number of nitro benzene ring substituents is 1. The summed E-state index contributed by atoms with van der Waals surface area (Å²) in [6, 6.07) is 11.3. The Labute approximate surface area is 139 Å². The first kappa shape index (κ1) is 17.4. The van der Waals surface area contributed by atoms with Gasteiger partial charge in [-0.2, -0.15) is 0 Å². The molecule has 3 N–H and O–H groups in total. The van der Waals surface area contributed by atoms with Gasteiger partial charge >= 0.3 is 0 Å². The standard InChI is InChI=1S/C17H19N3O4/c1-11-3-5-12(6-4-11)16(21)10-19-17(22)14-9-13(20(23)24)7-8-15(14)18-2/h3-9,16,18,21H,10H2,1-2H3,(H,19,22)/t16-/m0/s1. The first-order chi connectivity index (χ1) is 11.4. The van der Waals surface area contributed by atoms with Gasteiger partial charge in [0, 0.05) is 31.4 Å². The number of hydrogen-bond acceptors (Lipinski definition) is 5. The number of aryl methyl sites for hydroxylation is 1. The van der Waals surface area contributed by atoms with Crippen LogP contribution in [0.3, 0.4) is 0 Å². The number of non-ortho nitro benzene ring substituents is 1. The van der Waals surface area contributed by atoms with E-state index in [9.17, 15) is 20.0 Å². The zero-order chi connectivity index (χ0) is 17.7. The largest absolute Gasteiger partial charge is 0.387 e. The van der Waals surface area contributed by atoms with Crippen molar-refractivity contribution in [1.29, 1.82) is 0 Å². The van der Waals surface area contributed by atoms with Gasteiger partial charge in [-0.1, -0.05) is 29.8 Å². The Balaban J connectivity index is 2.10. The van der Waals surface area contributed by atoms with Crippen molar-refractivity contribution in [2.24, 2.45) is 0 Å². The van der Waals surface area contributed by atoms with Crippen LogP contribution in [0.2, 0.25) is 0 Å². The molecule has 0 bridgehead atoms. The SMILES string of the molecule is CNc1ccc([N+](=O)[O-])cc1C(=O)NC[C@H](O)c1ccc(C)cc1. The van der Waals surface area contributed by atoms with Gasteiger partial charge in [0.05, 0.1) is 16.6 Å². The predicted molar refractivity (Wildman–Crippen MR) is 91.1 cm³/mol. The Morgan fingerprint density at radius 1 is 1.25 bits per heavy atom. The number of benzene rings is 2. The van der Waals surface area contributed by atoms with E-state index in [1.165, 1.54) is 18.2 Å². The highest BCUT2D eigenvalue weighted by Crippen LogP contribution is 2.22. The average molecular weight is 329 g/mol. The molecule has 7 heteroatoms. The minimum atomic E-state index is -0.855. The van der Waals surface area contributed by atoms with Gasteiger partial charge in [0.25, 0.3) is 11.6 Å². The number of carbonyl (C=O) groups is 1. The van der Waals surface area contributed by atoms with Crippen molar-refractivity contribution in [2.45, 2.75) is 13.0 Å². The minimum absolute atomic E-state index is 0.00768. The van der Waals surface area contributed by atoms with E-state index >= 15 is 0 Å². The number of amides is 1. The molecule has 2 aromatic rings. The number of aliphatic hydroxyl groups excluding tert-OH is 1. The van der Waals surface area contributed by atoms with E-state index in [2.05, 4.69) is 10.6 Å². The molecule has 0 aliphatic rings. The van der Waals surface area contributed by atoms with E-state index in [4.69, 9.17) is 0 Å². The van der Waals surface area contributed by atoms with Crippen LogP contribution in [0.25, 0.3) is 0 Å². The second-order valence-corrected chi connectivity index (χ2v) is 5.37. The Bertz CT molecular complexity index is 744. The zero-order valence-electron chi connectivity index (χ0n) is 13.4. The van der Waals surface area contributed by atoms with Gasteiger partial charge in [0.2, 0.25) is 0 Å². The van der Waals surface area contributed by atoms with Crippen LogP contribution in [-0.4, -0.2) is 29.5 Å². The van der Waals surface area contributed by atoms with Gasteiger partial charge in [-0.25, -0.2) is 0 Å². The van der Waals surface area contributed by atoms with Crippen molar-refractivity contribution < 1.29 is 14.8 Å². The second-order valence-electron chi connectivity index (χ2n) is 5.37. The summed E-state index contributed by atoms with van der Waals surface area (Å²) in [7, 11) is 1.62. The lowest BCUT2D eigenvalue weighted by molar-refractivity contribution is -0.384. The van der Waals surface area contributed by atoms with Crippen LogP contribution in [0, 0.1) is 17.0 Å². The molecule has 0 saturated carbocycles. The molecule has 126 valence electrons. The van der Waals surface area contributed by atoms with Crippen molar-refractivity contribution in [3.8, 4) is 0 Å². The number of nitrogens with zero attached hydrogens (tertiary/aromatic N) is 1. The van der Waals surface area contributed by atoms with E-state index in [0.717, 1.165) is 5.56 Å². The van der Waals surface area contributed by atoms with Crippen molar-refractivity contribution in [1.82, 2.24) is 5.32 Å². The van der Waals surface area contributed by atoms with Crippen molar-refractivity contribution >= 4 is 17.3 Å². The van der Waals surface area contributed by atoms with Crippen LogP contribution in [-0.2, 0) is 0 Å². The summed E-state index contributed by atoms with van der Waals surface area (Å²) in [5.74, 6) is -0.491. The summed E-state index contributed by atoms with van der Waals surface area (Å²) >= 11 is 0. The molecule has 0 spiro atoms. The van der Waals surface area contributed by atoms with Crippen LogP contribution >= 0.6 is 0 Å². The average Bonchev–Trinajstić information content (AvgIpc) is 2.59. The minimum Gasteiger partial charge on any atom is -0.387 e. The highest BCUT2D eigenvalue weighted by Gasteiger charge is 2.17. The summed E-state index contributed by atoms with van der Waals surface area (Å²) in [4.78, 5) is 22.6. The molecule has 0 fully saturated rings. The van der Waals surface area contributed by atoms with E-state index in [1.54, 1.807) is 19.2 Å². The highest BCUT2D eigenvalue weighted by molar-refractivity contribution is 6.00. The van der Waals surface area contributed by atoms with Gasteiger partial charge in [0.15, 0.2) is 0 Å². The molecule has 24 heavy (non-hydrogen) atoms. The van der Waals surface area contributed by atoms with Crippen molar-refractivity contribution in [3.63, 3.8) is 0 Å². The predicted octanol–water partition coefficient (Wildman–Crippen LogP) is 2.41. The number of rotatable bonds is 6. The maximum Gasteiger partial charge on any atom is 0.270 e. The second kappa shape index (κ2) is 7.56. The fourth-order valence-corrected chi connectivity index (χ4v) is 2.24. The molecule has 2 rings (SSSR count). The van der Waals surface area contributed by atoms with Crippen LogP contribution < -0.4 is 10.6 Å². The van der Waals surface area contributed by atoms with Crippen LogP contribution in [0.1, 0.15) is 27.6 Å². The fraction of sp³-hybridized carbons (Fsp3) is 0.235. The van der Waals surface area contributed by atoms with Crippen LogP contribution in [0.5, 0.6) is 0 Å². The zero-order valence-corrected chi connectivity index (χ0v) is 13.4. The molecule has 0 heterocycles. The Morgan fingerprint density at radius 3 is 2.50 bits per heavy atom. The molecule has 2 aromatic carbocycles. The molecule has 0 aliphatic carbocycles. The molecule has 7 nitrogen and oxygen atoms in total. The number of nitro groups is 1. The third-order valence-corrected chi connectivity index (χ3v) is 3.65. The van der Waals surface area contributed by atoms with E-state index in [0.29, 0.717) is 11.3 Å². The number of anilines is 1. The Hall–Kier alpha value is -2.93.